The van der Waals surface area contributed by atoms with Crippen molar-refractivity contribution in [2.24, 2.45) is 0 Å². The van der Waals surface area contributed by atoms with E-state index in [1.165, 1.54) is 6.92 Å². The Balaban J connectivity index is 4.96. The first-order valence-corrected chi connectivity index (χ1v) is 7.71. The molecule has 130 valence electrons. The molecule has 10 heteroatoms. The van der Waals surface area contributed by atoms with E-state index in [1.54, 1.807) is 0 Å². The molecule has 0 rings (SSSR count). The van der Waals surface area contributed by atoms with Crippen molar-refractivity contribution < 1.29 is 35.9 Å². The Hall–Kier alpha value is -0.510. The number of thioether (sulfide) groups is 2. The normalized spacial score (nSPS) is 15.3. The predicted molar refractivity (Wildman–Crippen MR) is 76.1 cm³/mol. The lowest BCUT2D eigenvalue weighted by Crippen LogP contribution is -2.38. The number of carbonyl (C=O) groups is 1. The fourth-order valence-corrected chi connectivity index (χ4v) is 3.11. The van der Waals surface area contributed by atoms with E-state index in [1.807, 2.05) is 0 Å². The SMILES string of the molecule is C=C(C)C(=O)OCC(C)(CSC(F)(F)CF)SC(F)(F)CF. The Bertz CT molecular complexity index is 405. The summed E-state index contributed by atoms with van der Waals surface area (Å²) in [4.78, 5) is 11.3. The maximum atomic E-state index is 13.2. The monoisotopic (exact) mass is 370 g/mol. The van der Waals surface area contributed by atoms with Crippen molar-refractivity contribution >= 4 is 29.5 Å². The summed E-state index contributed by atoms with van der Waals surface area (Å²) < 4.78 is 79.5. The van der Waals surface area contributed by atoms with Gasteiger partial charge in [0.25, 0.3) is 0 Å². The molecule has 0 aromatic heterocycles. The average molecular weight is 370 g/mol. The highest BCUT2D eigenvalue weighted by atomic mass is 32.2. The number of carbonyl (C=O) groups excluding carboxylic acids is 1. The minimum atomic E-state index is -3.84. The number of halogens is 6. The summed E-state index contributed by atoms with van der Waals surface area (Å²) in [6.07, 6.45) is 0. The van der Waals surface area contributed by atoms with E-state index in [-0.39, 0.29) is 29.1 Å². The quantitative estimate of drug-likeness (QED) is 0.322. The van der Waals surface area contributed by atoms with Crippen molar-refractivity contribution in [2.75, 3.05) is 25.7 Å². The molecule has 22 heavy (non-hydrogen) atoms. The van der Waals surface area contributed by atoms with Crippen LogP contribution in [0.15, 0.2) is 12.2 Å². The van der Waals surface area contributed by atoms with Crippen LogP contribution in [0.3, 0.4) is 0 Å². The number of alkyl halides is 6. The summed E-state index contributed by atoms with van der Waals surface area (Å²) in [5.41, 5.74) is -0.00802. The molecule has 1 atom stereocenters. The second-order valence-electron chi connectivity index (χ2n) is 4.74. The molecular weight excluding hydrogens is 354 g/mol. The summed E-state index contributed by atoms with van der Waals surface area (Å²) in [6, 6.07) is 0. The molecule has 0 N–H and O–H groups in total. The first-order valence-electron chi connectivity index (χ1n) is 5.91. The van der Waals surface area contributed by atoms with Crippen LogP contribution in [-0.4, -0.2) is 46.9 Å². The molecule has 0 saturated carbocycles. The molecule has 0 heterocycles. The highest BCUT2D eigenvalue weighted by Crippen LogP contribution is 2.44. The van der Waals surface area contributed by atoms with Crippen LogP contribution in [0.25, 0.3) is 0 Å². The Kier molecular flexibility index (Phi) is 8.18. The third-order valence-electron chi connectivity index (χ3n) is 2.15. The van der Waals surface area contributed by atoms with E-state index >= 15 is 0 Å². The van der Waals surface area contributed by atoms with Gasteiger partial charge in [-0.2, -0.15) is 17.6 Å². The fraction of sp³-hybridized carbons (Fsp3) is 0.750. The Morgan fingerprint density at radius 1 is 1.14 bits per heavy atom. The largest absolute Gasteiger partial charge is 0.461 e. The standard InChI is InChI=1S/C12H16F6O2S2/c1-8(2)9(19)20-6-10(3,22-12(17,18)5-14)7-21-11(15,16)4-13/h1,4-7H2,2-3H3. The topological polar surface area (TPSA) is 26.3 Å². The highest BCUT2D eigenvalue weighted by molar-refractivity contribution is 8.04. The van der Waals surface area contributed by atoms with E-state index in [0.717, 1.165) is 6.92 Å². The van der Waals surface area contributed by atoms with Crippen molar-refractivity contribution in [3.63, 3.8) is 0 Å². The van der Waals surface area contributed by atoms with Gasteiger partial charge in [0, 0.05) is 11.3 Å². The molecule has 0 radical (unpaired) electrons. The molecule has 2 nitrogen and oxygen atoms in total. The minimum Gasteiger partial charge on any atom is -0.461 e. The summed E-state index contributed by atoms with van der Waals surface area (Å²) in [7, 11) is 0. The van der Waals surface area contributed by atoms with Crippen molar-refractivity contribution in [3.8, 4) is 0 Å². The number of rotatable bonds is 10. The molecule has 0 aromatic carbocycles. The molecule has 1 unspecified atom stereocenters. The first-order chi connectivity index (χ1) is 9.86. The Labute approximate surface area is 133 Å². The second kappa shape index (κ2) is 8.37. The molecule has 0 aromatic rings. The number of esters is 1. The number of hydrogen-bond acceptors (Lipinski definition) is 4. The first kappa shape index (κ1) is 21.5. The van der Waals surface area contributed by atoms with Gasteiger partial charge in [0.2, 0.25) is 0 Å². The lowest BCUT2D eigenvalue weighted by atomic mass is 10.2. The molecule has 0 saturated heterocycles. The third-order valence-corrected chi connectivity index (χ3v) is 4.81. The maximum absolute atomic E-state index is 13.2. The van der Waals surface area contributed by atoms with Gasteiger partial charge < -0.3 is 4.74 Å². The lowest BCUT2D eigenvalue weighted by Gasteiger charge is -2.31. The van der Waals surface area contributed by atoms with Gasteiger partial charge in [-0.05, 0) is 13.8 Å². The molecule has 0 aliphatic rings. The van der Waals surface area contributed by atoms with Crippen LogP contribution >= 0.6 is 23.5 Å². The zero-order valence-corrected chi connectivity index (χ0v) is 13.6. The van der Waals surface area contributed by atoms with Crippen molar-refractivity contribution in [2.45, 2.75) is 29.1 Å². The van der Waals surface area contributed by atoms with Crippen molar-refractivity contribution in [3.05, 3.63) is 12.2 Å². The second-order valence-corrected chi connectivity index (χ2v) is 7.70. The van der Waals surface area contributed by atoms with Crippen molar-refractivity contribution in [1.29, 1.82) is 0 Å². The molecule has 0 aliphatic carbocycles. The molecule has 0 fully saturated rings. The Morgan fingerprint density at radius 3 is 2.05 bits per heavy atom. The van der Waals surface area contributed by atoms with Gasteiger partial charge in [-0.3, -0.25) is 0 Å². The van der Waals surface area contributed by atoms with Gasteiger partial charge in [-0.15, -0.1) is 0 Å². The van der Waals surface area contributed by atoms with Gasteiger partial charge in [-0.25, -0.2) is 13.6 Å². The van der Waals surface area contributed by atoms with E-state index in [2.05, 4.69) is 6.58 Å². The van der Waals surface area contributed by atoms with Crippen LogP contribution in [0.1, 0.15) is 13.8 Å². The average Bonchev–Trinajstić information content (AvgIpc) is 2.42. The highest BCUT2D eigenvalue weighted by Gasteiger charge is 2.43. The fourth-order valence-electron chi connectivity index (χ4n) is 1.13. The van der Waals surface area contributed by atoms with Gasteiger partial charge in [0.15, 0.2) is 13.3 Å². The summed E-state index contributed by atoms with van der Waals surface area (Å²) in [5.74, 6) is -1.56. The summed E-state index contributed by atoms with van der Waals surface area (Å²) >= 11 is -0.439. The molecule has 0 bridgehead atoms. The third kappa shape index (κ3) is 8.21. The van der Waals surface area contributed by atoms with E-state index in [4.69, 9.17) is 4.74 Å². The zero-order valence-electron chi connectivity index (χ0n) is 11.9. The van der Waals surface area contributed by atoms with Crippen LogP contribution < -0.4 is 0 Å². The van der Waals surface area contributed by atoms with Crippen LogP contribution in [0.4, 0.5) is 26.3 Å². The van der Waals surface area contributed by atoms with Crippen LogP contribution in [0.5, 0.6) is 0 Å². The minimum absolute atomic E-state index is 0.00802. The van der Waals surface area contributed by atoms with Crippen LogP contribution in [-0.2, 0) is 9.53 Å². The van der Waals surface area contributed by atoms with E-state index in [9.17, 15) is 31.1 Å². The smallest absolute Gasteiger partial charge is 0.333 e. The van der Waals surface area contributed by atoms with Gasteiger partial charge >= 0.3 is 16.5 Å². The molecule has 0 amide bonds. The predicted octanol–water partition coefficient (Wildman–Crippen LogP) is 4.46. The van der Waals surface area contributed by atoms with Gasteiger partial charge in [0.1, 0.15) is 6.61 Å². The summed E-state index contributed by atoms with van der Waals surface area (Å²) in [6.45, 7) is 1.05. The van der Waals surface area contributed by atoms with E-state index in [0.29, 0.717) is 0 Å². The van der Waals surface area contributed by atoms with Crippen LogP contribution in [0.2, 0.25) is 0 Å². The van der Waals surface area contributed by atoms with E-state index < -0.39 is 46.9 Å². The zero-order chi connectivity index (χ0) is 17.6. The molecule has 0 spiro atoms. The molecule has 0 aliphatic heterocycles. The number of ether oxygens (including phenoxy) is 1. The molecular formula is C12H16F6O2S2. The van der Waals surface area contributed by atoms with Crippen LogP contribution in [0, 0.1) is 0 Å². The Morgan fingerprint density at radius 2 is 1.64 bits per heavy atom. The maximum Gasteiger partial charge on any atom is 0.333 e. The van der Waals surface area contributed by atoms with Gasteiger partial charge in [-0.1, -0.05) is 30.1 Å². The van der Waals surface area contributed by atoms with Gasteiger partial charge in [0.05, 0.1) is 4.75 Å². The van der Waals surface area contributed by atoms with Crippen molar-refractivity contribution in [1.82, 2.24) is 0 Å². The number of hydrogen-bond donors (Lipinski definition) is 0. The lowest BCUT2D eigenvalue weighted by molar-refractivity contribution is -0.139. The summed E-state index contributed by atoms with van der Waals surface area (Å²) in [5, 5.41) is -7.60.